The van der Waals surface area contributed by atoms with E-state index in [9.17, 15) is 19.5 Å². The molecule has 10 nitrogen and oxygen atoms in total. The van der Waals surface area contributed by atoms with Crippen LogP contribution in [-0.4, -0.2) is 70.7 Å². The molecule has 0 saturated carbocycles. The van der Waals surface area contributed by atoms with Crippen LogP contribution in [0.1, 0.15) is 11.9 Å². The van der Waals surface area contributed by atoms with Crippen LogP contribution < -0.4 is 5.32 Å². The molecule has 2 aliphatic heterocycles. The summed E-state index contributed by atoms with van der Waals surface area (Å²) in [6.45, 7) is 3.89. The van der Waals surface area contributed by atoms with Crippen molar-refractivity contribution in [3.05, 3.63) is 33.7 Å². The molecule has 170 valence electrons. The number of aliphatic carboxylic acids is 1. The van der Waals surface area contributed by atoms with Crippen LogP contribution in [0.25, 0.3) is 0 Å². The molecule has 2 N–H and O–H groups in total. The van der Waals surface area contributed by atoms with Crippen molar-refractivity contribution in [3.63, 3.8) is 0 Å². The minimum atomic E-state index is -1.15. The fourth-order valence-electron chi connectivity index (χ4n) is 3.38. The Balaban J connectivity index is 1.41. The summed E-state index contributed by atoms with van der Waals surface area (Å²) in [4.78, 5) is 38.6. The molecule has 32 heavy (non-hydrogen) atoms. The molecule has 1 fully saturated rings. The molecule has 0 spiro atoms. The summed E-state index contributed by atoms with van der Waals surface area (Å²) in [5, 5.41) is 25.4. The smallest absolute Gasteiger partial charge is 0.352 e. The van der Waals surface area contributed by atoms with Crippen LogP contribution in [-0.2, 0) is 20.9 Å². The minimum absolute atomic E-state index is 0.00258. The van der Waals surface area contributed by atoms with Gasteiger partial charge in [0.2, 0.25) is 5.91 Å². The zero-order chi connectivity index (χ0) is 23.0. The van der Waals surface area contributed by atoms with E-state index in [2.05, 4.69) is 20.6 Å². The third-order valence-electron chi connectivity index (χ3n) is 4.94. The maximum atomic E-state index is 12.8. The van der Waals surface area contributed by atoms with Crippen LogP contribution in [0, 0.1) is 12.8 Å². The fourth-order valence-corrected chi connectivity index (χ4v) is 6.83. The summed E-state index contributed by atoms with van der Waals surface area (Å²) < 4.78 is 2.31. The van der Waals surface area contributed by atoms with E-state index in [1.165, 1.54) is 46.0 Å². The number of carbonyl (C=O) groups excluding carboxylic acids is 2. The first-order valence-electron chi connectivity index (χ1n) is 9.56. The molecule has 14 heteroatoms. The number of carboxylic acid groups (broad SMARTS) is 1. The second kappa shape index (κ2) is 9.41. The number of thioether (sulfide) groups is 2. The first-order chi connectivity index (χ1) is 15.2. The van der Waals surface area contributed by atoms with Gasteiger partial charge in [-0.25, -0.2) is 4.79 Å². The number of fused-ring (bicyclic) bond motifs is 1. The average Bonchev–Trinajstić information content (AvgIpc) is 3.36. The van der Waals surface area contributed by atoms with Crippen molar-refractivity contribution in [2.24, 2.45) is 5.92 Å². The number of aryl methyl sites for hydroxylation is 1. The van der Waals surface area contributed by atoms with Gasteiger partial charge in [-0.2, -0.15) is 5.10 Å². The summed E-state index contributed by atoms with van der Waals surface area (Å²) >= 11 is 10.1. The molecule has 4 rings (SSSR count). The maximum Gasteiger partial charge on any atom is 0.352 e. The largest absolute Gasteiger partial charge is 0.477 e. The molecule has 2 aromatic heterocycles. The SMILES string of the molecule is Cc1nnc(SCC2=C(C(=O)O)N3C(=O)[C@@H](NC(=O)[C@@H](C)Cn4cc(Cl)cn4)[C@H]3SC2)s1. The van der Waals surface area contributed by atoms with Gasteiger partial charge in [-0.05, 0) is 12.5 Å². The van der Waals surface area contributed by atoms with E-state index in [1.807, 2.05) is 6.92 Å². The molecule has 0 bridgehead atoms. The Hall–Kier alpha value is -2.09. The van der Waals surface area contributed by atoms with Gasteiger partial charge in [-0.1, -0.05) is 41.6 Å². The highest BCUT2D eigenvalue weighted by molar-refractivity contribution is 8.01. The molecule has 0 aromatic carbocycles. The number of amides is 2. The Morgan fingerprint density at radius 3 is 2.84 bits per heavy atom. The lowest BCUT2D eigenvalue weighted by molar-refractivity contribution is -0.151. The van der Waals surface area contributed by atoms with E-state index in [1.54, 1.807) is 17.8 Å². The van der Waals surface area contributed by atoms with Crippen molar-refractivity contribution < 1.29 is 19.5 Å². The van der Waals surface area contributed by atoms with Crippen molar-refractivity contribution in [2.75, 3.05) is 11.5 Å². The van der Waals surface area contributed by atoms with E-state index in [-0.39, 0.29) is 11.6 Å². The molecule has 0 radical (unpaired) electrons. The monoisotopic (exact) mass is 514 g/mol. The molecule has 1 saturated heterocycles. The molecular weight excluding hydrogens is 496 g/mol. The molecule has 2 aromatic rings. The summed E-state index contributed by atoms with van der Waals surface area (Å²) in [7, 11) is 0. The standard InChI is InChI=1S/C18H19ClN6O4S3/c1-8(4-24-5-11(19)3-20-24)14(26)21-12-15(27)25-13(17(28)29)10(6-30-16(12)25)7-31-18-23-22-9(2)32-18/h3,5,8,12,16H,4,6-7H2,1-2H3,(H,21,26)(H,28,29)/t8-,12+,16+/m0/s1. The second-order valence-electron chi connectivity index (χ2n) is 7.31. The summed E-state index contributed by atoms with van der Waals surface area (Å²) in [5.41, 5.74) is 0.649. The summed E-state index contributed by atoms with van der Waals surface area (Å²) in [6.07, 6.45) is 3.10. The van der Waals surface area contributed by atoms with Crippen LogP contribution in [0.3, 0.4) is 0 Å². The number of nitrogens with zero attached hydrogens (tertiary/aromatic N) is 5. The van der Waals surface area contributed by atoms with Crippen LogP contribution in [0.4, 0.5) is 0 Å². The molecular formula is C18H19ClN6O4S3. The molecule has 0 aliphatic carbocycles. The van der Waals surface area contributed by atoms with Gasteiger partial charge in [0.1, 0.15) is 22.1 Å². The molecule has 2 amide bonds. The van der Waals surface area contributed by atoms with Gasteiger partial charge in [0.05, 0.1) is 23.7 Å². The predicted octanol–water partition coefficient (Wildman–Crippen LogP) is 1.86. The van der Waals surface area contributed by atoms with Gasteiger partial charge in [-0.15, -0.1) is 22.0 Å². The Kier molecular flexibility index (Phi) is 6.79. The van der Waals surface area contributed by atoms with Crippen molar-refractivity contribution in [1.82, 2.24) is 30.2 Å². The van der Waals surface area contributed by atoms with E-state index < -0.39 is 29.2 Å². The number of aromatic nitrogens is 4. The lowest BCUT2D eigenvalue weighted by atomic mass is 10.0. The number of β-lactam (4-membered cyclic amide) rings is 1. The van der Waals surface area contributed by atoms with Crippen LogP contribution in [0.5, 0.6) is 0 Å². The summed E-state index contributed by atoms with van der Waals surface area (Å²) in [5.74, 6) is -1.46. The lowest BCUT2D eigenvalue weighted by Crippen LogP contribution is -2.71. The van der Waals surface area contributed by atoms with E-state index in [0.717, 1.165) is 9.35 Å². The molecule has 4 heterocycles. The number of rotatable bonds is 8. The van der Waals surface area contributed by atoms with Gasteiger partial charge >= 0.3 is 5.97 Å². The highest BCUT2D eigenvalue weighted by atomic mass is 35.5. The predicted molar refractivity (Wildman–Crippen MR) is 121 cm³/mol. The third kappa shape index (κ3) is 4.65. The number of nitrogens with one attached hydrogen (secondary N) is 1. The van der Waals surface area contributed by atoms with Crippen molar-refractivity contribution in [1.29, 1.82) is 0 Å². The van der Waals surface area contributed by atoms with Gasteiger partial charge in [0.15, 0.2) is 4.34 Å². The lowest BCUT2D eigenvalue weighted by Gasteiger charge is -2.49. The third-order valence-corrected chi connectivity index (χ3v) is 8.53. The highest BCUT2D eigenvalue weighted by Crippen LogP contribution is 2.41. The number of carbonyl (C=O) groups is 3. The van der Waals surface area contributed by atoms with Crippen LogP contribution >= 0.6 is 46.5 Å². The quantitative estimate of drug-likeness (QED) is 0.400. The number of hydrogen-bond donors (Lipinski definition) is 2. The van der Waals surface area contributed by atoms with Crippen LogP contribution in [0.2, 0.25) is 5.02 Å². The average molecular weight is 515 g/mol. The van der Waals surface area contributed by atoms with Crippen molar-refractivity contribution in [2.45, 2.75) is 36.1 Å². The first kappa shape index (κ1) is 23.1. The Bertz CT molecular complexity index is 1100. The molecule has 0 unspecified atom stereocenters. The fraction of sp³-hybridized carbons (Fsp3) is 0.444. The molecule has 2 aliphatic rings. The number of hydrogen-bond acceptors (Lipinski definition) is 9. The first-order valence-corrected chi connectivity index (χ1v) is 12.8. The zero-order valence-electron chi connectivity index (χ0n) is 17.0. The van der Waals surface area contributed by atoms with Crippen molar-refractivity contribution >= 4 is 64.2 Å². The topological polar surface area (TPSA) is 130 Å². The van der Waals surface area contributed by atoms with Crippen molar-refractivity contribution in [3.8, 4) is 0 Å². The van der Waals surface area contributed by atoms with E-state index in [4.69, 9.17) is 11.6 Å². The Labute approximate surface area is 200 Å². The zero-order valence-corrected chi connectivity index (χ0v) is 20.2. The van der Waals surface area contributed by atoms with Gasteiger partial charge in [0.25, 0.3) is 5.91 Å². The van der Waals surface area contributed by atoms with E-state index in [0.29, 0.717) is 28.6 Å². The second-order valence-corrected chi connectivity index (χ2v) is 11.3. The number of halogens is 1. The maximum absolute atomic E-state index is 12.8. The van der Waals surface area contributed by atoms with Gasteiger partial charge in [-0.3, -0.25) is 19.2 Å². The number of carboxylic acids is 1. The normalized spacial score (nSPS) is 21.2. The Morgan fingerprint density at radius 2 is 2.22 bits per heavy atom. The van der Waals surface area contributed by atoms with Gasteiger partial charge in [0, 0.05) is 17.7 Å². The molecule has 3 atom stereocenters. The van der Waals surface area contributed by atoms with Gasteiger partial charge < -0.3 is 10.4 Å². The minimum Gasteiger partial charge on any atom is -0.477 e. The van der Waals surface area contributed by atoms with E-state index >= 15 is 0 Å². The Morgan fingerprint density at radius 1 is 1.44 bits per heavy atom. The highest BCUT2D eigenvalue weighted by Gasteiger charge is 2.54. The van der Waals surface area contributed by atoms with Crippen LogP contribution in [0.15, 0.2) is 28.0 Å². The summed E-state index contributed by atoms with van der Waals surface area (Å²) in [6, 6.07) is -0.759.